The van der Waals surface area contributed by atoms with Crippen LogP contribution in [-0.4, -0.2) is 24.3 Å². The minimum atomic E-state index is 0.0104. The van der Waals surface area contributed by atoms with Crippen molar-refractivity contribution in [1.82, 2.24) is 0 Å². The summed E-state index contributed by atoms with van der Waals surface area (Å²) in [5, 5.41) is 10.7. The zero-order valence-electron chi connectivity index (χ0n) is 4.85. The number of likely N-dealkylation sites (N-methyl/N-ethyl adjacent to an activating group) is 1. The van der Waals surface area contributed by atoms with Gasteiger partial charge in [-0.05, 0) is 0 Å². The van der Waals surface area contributed by atoms with Crippen molar-refractivity contribution in [3.05, 3.63) is 5.21 Å². The third kappa shape index (κ3) is 0.763. The smallest absolute Gasteiger partial charge is 0.138 e. The van der Waals surface area contributed by atoms with Crippen molar-refractivity contribution in [1.29, 1.82) is 0 Å². The van der Waals surface area contributed by atoms with E-state index in [1.807, 2.05) is 0 Å². The van der Waals surface area contributed by atoms with Gasteiger partial charge in [-0.25, -0.2) is 0 Å². The highest BCUT2D eigenvalue weighted by atomic mass is 16.6. The largest absolute Gasteiger partial charge is 0.632 e. The highest BCUT2D eigenvalue weighted by Crippen LogP contribution is 2.27. The van der Waals surface area contributed by atoms with Gasteiger partial charge in [0.2, 0.25) is 0 Å². The average Bonchev–Trinajstić information content (AvgIpc) is 2.13. The van der Waals surface area contributed by atoms with Crippen molar-refractivity contribution in [2.45, 2.75) is 19.4 Å². The maximum absolute atomic E-state index is 10.7. The Morgan fingerprint density at radius 3 is 2.29 bits per heavy atom. The number of quaternary nitrogens is 1. The molecule has 0 aromatic heterocycles. The van der Waals surface area contributed by atoms with Crippen LogP contribution in [0.5, 0.6) is 0 Å². The Labute approximate surface area is 43.9 Å². The Morgan fingerprint density at radius 2 is 2.29 bits per heavy atom. The van der Waals surface area contributed by atoms with Crippen LogP contribution >= 0.6 is 0 Å². The van der Waals surface area contributed by atoms with Crippen molar-refractivity contribution >= 4 is 0 Å². The molecule has 1 heterocycles. The molecule has 0 bridgehead atoms. The van der Waals surface area contributed by atoms with E-state index >= 15 is 0 Å². The van der Waals surface area contributed by atoms with Gasteiger partial charge in [-0.2, -0.15) is 0 Å². The van der Waals surface area contributed by atoms with Gasteiger partial charge >= 0.3 is 0 Å². The Bertz CT molecular complexity index is 80.1. The molecular formula is C5H11NO. The molecular weight excluding hydrogens is 90.1 g/mol. The summed E-state index contributed by atoms with van der Waals surface area (Å²) < 4.78 is 0.0104. The van der Waals surface area contributed by atoms with Gasteiger partial charge in [-0.1, -0.05) is 6.92 Å². The molecule has 2 heteroatoms. The third-order valence-corrected chi connectivity index (χ3v) is 1.68. The van der Waals surface area contributed by atoms with E-state index in [-0.39, 0.29) is 4.65 Å². The zero-order valence-corrected chi connectivity index (χ0v) is 4.85. The number of nitrogens with zero attached hydrogens (tertiary/aromatic N) is 1. The standard InChI is InChI=1S/C5H11NO/c1-3-5-4-6(5,2)7/h5H,3-4H2,1-2H3. The topological polar surface area (TPSA) is 23.1 Å². The van der Waals surface area contributed by atoms with Gasteiger partial charge in [0.05, 0.1) is 7.05 Å². The molecule has 0 amide bonds. The molecule has 1 fully saturated rings. The molecule has 0 aromatic rings. The first-order valence-electron chi connectivity index (χ1n) is 2.73. The molecule has 0 N–H and O–H groups in total. The number of rotatable bonds is 1. The summed E-state index contributed by atoms with van der Waals surface area (Å²) in [6.45, 7) is 2.91. The molecule has 0 saturated carbocycles. The molecule has 2 atom stereocenters. The molecule has 2 nitrogen and oxygen atoms in total. The predicted octanol–water partition coefficient (Wildman–Crippen LogP) is 0.723. The molecule has 0 spiro atoms. The normalized spacial score (nSPS) is 49.3. The second-order valence-electron chi connectivity index (χ2n) is 2.42. The van der Waals surface area contributed by atoms with E-state index in [2.05, 4.69) is 6.92 Å². The van der Waals surface area contributed by atoms with E-state index in [4.69, 9.17) is 0 Å². The van der Waals surface area contributed by atoms with Crippen molar-refractivity contribution < 1.29 is 4.65 Å². The van der Waals surface area contributed by atoms with Crippen LogP contribution in [0.3, 0.4) is 0 Å². The van der Waals surface area contributed by atoms with Crippen LogP contribution in [0.15, 0.2) is 0 Å². The molecule has 0 radical (unpaired) electrons. The first-order valence-corrected chi connectivity index (χ1v) is 2.73. The number of hydroxylamine groups is 3. The van der Waals surface area contributed by atoms with E-state index in [0.717, 1.165) is 13.0 Å². The molecule has 1 saturated heterocycles. The Hall–Kier alpha value is -0.0800. The van der Waals surface area contributed by atoms with Crippen molar-refractivity contribution in [3.63, 3.8) is 0 Å². The summed E-state index contributed by atoms with van der Waals surface area (Å²) in [5.41, 5.74) is 0. The van der Waals surface area contributed by atoms with Gasteiger partial charge in [-0.3, -0.25) is 0 Å². The Morgan fingerprint density at radius 1 is 1.86 bits per heavy atom. The van der Waals surface area contributed by atoms with Gasteiger partial charge in [0, 0.05) is 6.42 Å². The Balaban J connectivity index is 2.30. The lowest BCUT2D eigenvalue weighted by molar-refractivity contribution is -0.735. The van der Waals surface area contributed by atoms with E-state index in [0.29, 0.717) is 6.04 Å². The maximum atomic E-state index is 10.7. The molecule has 1 aliphatic heterocycles. The lowest BCUT2D eigenvalue weighted by atomic mass is 10.4. The van der Waals surface area contributed by atoms with Crippen molar-refractivity contribution in [2.24, 2.45) is 0 Å². The fourth-order valence-electron chi connectivity index (χ4n) is 0.887. The SMILES string of the molecule is CCC1C[N+]1(C)[O-]. The lowest BCUT2D eigenvalue weighted by Crippen LogP contribution is -2.12. The maximum Gasteiger partial charge on any atom is 0.138 e. The monoisotopic (exact) mass is 101 g/mol. The fourth-order valence-corrected chi connectivity index (χ4v) is 0.887. The van der Waals surface area contributed by atoms with Crippen LogP contribution in [0, 0.1) is 5.21 Å². The number of hydrogen-bond acceptors (Lipinski definition) is 1. The summed E-state index contributed by atoms with van der Waals surface area (Å²) in [5.74, 6) is 0. The van der Waals surface area contributed by atoms with Crippen LogP contribution in [-0.2, 0) is 0 Å². The molecule has 2 unspecified atom stereocenters. The molecule has 1 aliphatic rings. The van der Waals surface area contributed by atoms with Gasteiger partial charge in [0.25, 0.3) is 0 Å². The van der Waals surface area contributed by atoms with Gasteiger partial charge in [-0.15, -0.1) is 0 Å². The summed E-state index contributed by atoms with van der Waals surface area (Å²) in [6, 6.07) is 0.431. The summed E-state index contributed by atoms with van der Waals surface area (Å²) in [4.78, 5) is 0. The van der Waals surface area contributed by atoms with Crippen LogP contribution in [0.2, 0.25) is 0 Å². The van der Waals surface area contributed by atoms with Crippen molar-refractivity contribution in [2.75, 3.05) is 13.6 Å². The van der Waals surface area contributed by atoms with E-state index < -0.39 is 0 Å². The first-order chi connectivity index (χ1) is 3.17. The first kappa shape index (κ1) is 5.06. The summed E-state index contributed by atoms with van der Waals surface area (Å²) in [6.07, 6.45) is 1.04. The minimum Gasteiger partial charge on any atom is -0.632 e. The van der Waals surface area contributed by atoms with E-state index in [9.17, 15) is 5.21 Å². The van der Waals surface area contributed by atoms with Crippen LogP contribution in [0.25, 0.3) is 0 Å². The molecule has 1 rings (SSSR count). The zero-order chi connectivity index (χ0) is 5.49. The van der Waals surface area contributed by atoms with Gasteiger partial charge in [0.1, 0.15) is 12.6 Å². The molecule has 0 aromatic carbocycles. The third-order valence-electron chi connectivity index (χ3n) is 1.68. The second kappa shape index (κ2) is 1.20. The average molecular weight is 101 g/mol. The van der Waals surface area contributed by atoms with Crippen LogP contribution in [0.1, 0.15) is 13.3 Å². The summed E-state index contributed by atoms with van der Waals surface area (Å²) >= 11 is 0. The highest BCUT2D eigenvalue weighted by Gasteiger charge is 2.41. The Kier molecular flexibility index (Phi) is 0.869. The summed E-state index contributed by atoms with van der Waals surface area (Å²) in [7, 11) is 1.73. The lowest BCUT2D eigenvalue weighted by Gasteiger charge is -2.15. The van der Waals surface area contributed by atoms with Gasteiger partial charge < -0.3 is 9.85 Å². The fraction of sp³-hybridized carbons (Fsp3) is 1.00. The number of hydrogen-bond donors (Lipinski definition) is 0. The van der Waals surface area contributed by atoms with E-state index in [1.54, 1.807) is 7.05 Å². The molecule has 42 valence electrons. The van der Waals surface area contributed by atoms with Crippen LogP contribution in [0.4, 0.5) is 0 Å². The van der Waals surface area contributed by atoms with Crippen molar-refractivity contribution in [3.8, 4) is 0 Å². The quantitative estimate of drug-likeness (QED) is 0.271. The molecule has 7 heavy (non-hydrogen) atoms. The van der Waals surface area contributed by atoms with Gasteiger partial charge in [0.15, 0.2) is 0 Å². The van der Waals surface area contributed by atoms with E-state index in [1.165, 1.54) is 0 Å². The van der Waals surface area contributed by atoms with Crippen LogP contribution < -0.4 is 0 Å². The molecule has 0 aliphatic carbocycles. The second-order valence-corrected chi connectivity index (χ2v) is 2.42. The predicted molar refractivity (Wildman–Crippen MR) is 28.5 cm³/mol. The highest BCUT2D eigenvalue weighted by molar-refractivity contribution is 4.69. The minimum absolute atomic E-state index is 0.0104.